The second kappa shape index (κ2) is 9.92. The maximum atomic E-state index is 14.5. The van der Waals surface area contributed by atoms with Crippen molar-refractivity contribution in [3.05, 3.63) is 76.9 Å². The number of aryl methyl sites for hydroxylation is 1. The largest absolute Gasteiger partial charge is 0.478 e. The number of carbonyl (C=O) groups is 1. The molecule has 3 rings (SSSR count). The van der Waals surface area contributed by atoms with Crippen LogP contribution in [0.25, 0.3) is 11.1 Å². The number of carboxylic acids is 1. The molecule has 0 unspecified atom stereocenters. The van der Waals surface area contributed by atoms with Crippen LogP contribution in [0, 0.1) is 0 Å². The van der Waals surface area contributed by atoms with Gasteiger partial charge < -0.3 is 14.8 Å². The zero-order chi connectivity index (χ0) is 26.9. The fourth-order valence-electron chi connectivity index (χ4n) is 3.77. The van der Waals surface area contributed by atoms with Gasteiger partial charge >= 0.3 is 24.0 Å². The van der Waals surface area contributed by atoms with Gasteiger partial charge in [0.25, 0.3) is 0 Å². The monoisotopic (exact) mass is 518 g/mol. The predicted octanol–water partition coefficient (Wildman–Crippen LogP) is 6.03. The number of halogens is 7. The molecule has 0 radical (unpaired) electrons. The van der Waals surface area contributed by atoms with E-state index in [2.05, 4.69) is 4.98 Å². The Morgan fingerprint density at radius 1 is 0.972 bits per heavy atom. The SMILES string of the molecule is CCCc1nc(C(F)(F)C(F)(F)C(F)(F)F)c(CO)n1Cc1ccc(-c2ccccc2C(=O)O)cc1. The lowest BCUT2D eigenvalue weighted by molar-refractivity contribution is -0.360. The third kappa shape index (κ3) is 4.81. The summed E-state index contributed by atoms with van der Waals surface area (Å²) in [7, 11) is 0. The Morgan fingerprint density at radius 2 is 1.58 bits per heavy atom. The predicted molar refractivity (Wildman–Crippen MR) is 115 cm³/mol. The fraction of sp³-hybridized carbons (Fsp3) is 0.333. The first-order chi connectivity index (χ1) is 16.8. The van der Waals surface area contributed by atoms with Crippen LogP contribution in [-0.4, -0.2) is 37.8 Å². The van der Waals surface area contributed by atoms with Gasteiger partial charge in [-0.1, -0.05) is 49.4 Å². The number of aromatic nitrogens is 2. The van der Waals surface area contributed by atoms with Crippen molar-refractivity contribution in [2.24, 2.45) is 0 Å². The molecule has 3 aromatic rings. The van der Waals surface area contributed by atoms with Crippen molar-refractivity contribution in [2.45, 2.75) is 50.9 Å². The highest BCUT2D eigenvalue weighted by atomic mass is 19.4. The quantitative estimate of drug-likeness (QED) is 0.339. The first-order valence-corrected chi connectivity index (χ1v) is 10.7. The Kier molecular flexibility index (Phi) is 7.49. The van der Waals surface area contributed by atoms with E-state index in [4.69, 9.17) is 0 Å². The number of imidazole rings is 1. The van der Waals surface area contributed by atoms with Gasteiger partial charge in [0.15, 0.2) is 0 Å². The summed E-state index contributed by atoms with van der Waals surface area (Å²) in [5, 5.41) is 19.1. The van der Waals surface area contributed by atoms with Crippen LogP contribution in [0.1, 0.15) is 46.5 Å². The Labute approximate surface area is 200 Å². The van der Waals surface area contributed by atoms with Crippen LogP contribution < -0.4 is 0 Å². The number of hydrogen-bond acceptors (Lipinski definition) is 3. The molecule has 2 N–H and O–H groups in total. The van der Waals surface area contributed by atoms with E-state index in [1.54, 1.807) is 37.3 Å². The van der Waals surface area contributed by atoms with E-state index in [9.17, 15) is 45.7 Å². The molecular weight excluding hydrogens is 497 g/mol. The van der Waals surface area contributed by atoms with Gasteiger partial charge in [0.1, 0.15) is 11.5 Å². The zero-order valence-corrected chi connectivity index (χ0v) is 18.8. The van der Waals surface area contributed by atoms with E-state index >= 15 is 0 Å². The van der Waals surface area contributed by atoms with E-state index in [-0.39, 0.29) is 24.4 Å². The summed E-state index contributed by atoms with van der Waals surface area (Å²) in [5.41, 5.74) is -1.28. The average Bonchev–Trinajstić information content (AvgIpc) is 3.16. The molecule has 0 bridgehead atoms. The van der Waals surface area contributed by atoms with Crippen LogP contribution >= 0.6 is 0 Å². The van der Waals surface area contributed by atoms with Gasteiger partial charge in [-0.2, -0.15) is 30.7 Å². The van der Waals surface area contributed by atoms with Gasteiger partial charge in [0, 0.05) is 13.0 Å². The number of hydrogen-bond donors (Lipinski definition) is 2. The second-order valence-corrected chi connectivity index (χ2v) is 8.01. The van der Waals surface area contributed by atoms with Crippen LogP contribution in [0.2, 0.25) is 0 Å². The maximum absolute atomic E-state index is 14.5. The molecule has 194 valence electrons. The number of aliphatic hydroxyl groups is 1. The highest BCUT2D eigenvalue weighted by Gasteiger charge is 2.75. The van der Waals surface area contributed by atoms with E-state index in [0.29, 0.717) is 23.1 Å². The molecular formula is C24H21F7N2O3. The topological polar surface area (TPSA) is 75.4 Å². The Bertz CT molecular complexity index is 1240. The van der Waals surface area contributed by atoms with Crippen LogP contribution in [0.5, 0.6) is 0 Å². The molecule has 0 amide bonds. The van der Waals surface area contributed by atoms with Gasteiger partial charge in [0.2, 0.25) is 0 Å². The summed E-state index contributed by atoms with van der Waals surface area (Å²) in [6.07, 6.45) is -6.25. The molecule has 1 aromatic heterocycles. The van der Waals surface area contributed by atoms with Crippen molar-refractivity contribution in [3.63, 3.8) is 0 Å². The fourth-order valence-corrected chi connectivity index (χ4v) is 3.77. The number of carboxylic acid groups (broad SMARTS) is 1. The first-order valence-electron chi connectivity index (χ1n) is 10.7. The first kappa shape index (κ1) is 27.2. The third-order valence-corrected chi connectivity index (χ3v) is 5.59. The van der Waals surface area contributed by atoms with Crippen LogP contribution in [0.4, 0.5) is 30.7 Å². The van der Waals surface area contributed by atoms with Gasteiger partial charge in [-0.05, 0) is 29.2 Å². The van der Waals surface area contributed by atoms with Crippen molar-refractivity contribution in [3.8, 4) is 11.1 Å². The van der Waals surface area contributed by atoms with Gasteiger partial charge in [0.05, 0.1) is 17.9 Å². The van der Waals surface area contributed by atoms with E-state index in [0.717, 1.165) is 4.57 Å². The number of aliphatic hydroxyl groups excluding tert-OH is 1. The molecule has 0 aliphatic heterocycles. The minimum Gasteiger partial charge on any atom is -0.478 e. The van der Waals surface area contributed by atoms with Gasteiger partial charge in [-0.25, -0.2) is 9.78 Å². The summed E-state index contributed by atoms with van der Waals surface area (Å²) in [4.78, 5) is 14.9. The lowest BCUT2D eigenvalue weighted by atomic mass is 9.98. The standard InChI is InChI=1S/C24H21F7N2O3/c1-2-5-19-32-20(22(25,26)23(27,28)24(29,30)31)18(13-34)33(19)12-14-8-10-15(11-9-14)16-6-3-4-7-17(16)21(35)36/h3-4,6-11,34H,2,5,12-13H2,1H3,(H,35,36). The Balaban J connectivity index is 2.04. The highest BCUT2D eigenvalue weighted by molar-refractivity contribution is 5.95. The van der Waals surface area contributed by atoms with E-state index in [1.165, 1.54) is 18.2 Å². The molecule has 12 heteroatoms. The minimum atomic E-state index is -6.54. The molecule has 5 nitrogen and oxygen atoms in total. The van der Waals surface area contributed by atoms with E-state index in [1.807, 2.05) is 0 Å². The number of benzene rings is 2. The average molecular weight is 518 g/mol. The zero-order valence-electron chi connectivity index (χ0n) is 18.8. The number of nitrogens with zero attached hydrogens (tertiary/aromatic N) is 2. The van der Waals surface area contributed by atoms with Gasteiger partial charge in [-0.15, -0.1) is 0 Å². The lowest BCUT2D eigenvalue weighted by Crippen LogP contribution is -2.50. The summed E-state index contributed by atoms with van der Waals surface area (Å²) in [5.74, 6) is -13.5. The molecule has 1 heterocycles. The van der Waals surface area contributed by atoms with Crippen molar-refractivity contribution in [2.75, 3.05) is 0 Å². The molecule has 0 aliphatic rings. The Hall–Kier alpha value is -3.41. The molecule has 36 heavy (non-hydrogen) atoms. The summed E-state index contributed by atoms with van der Waals surface area (Å²) in [6.45, 7) is 0.126. The number of aromatic carboxylic acids is 1. The smallest absolute Gasteiger partial charge is 0.460 e. The molecule has 0 fully saturated rings. The molecule has 0 aliphatic carbocycles. The maximum Gasteiger partial charge on any atom is 0.460 e. The third-order valence-electron chi connectivity index (χ3n) is 5.59. The molecule has 2 aromatic carbocycles. The molecule has 0 saturated carbocycles. The van der Waals surface area contributed by atoms with Crippen LogP contribution in [0.3, 0.4) is 0 Å². The summed E-state index contributed by atoms with van der Waals surface area (Å²) in [6, 6.07) is 12.4. The lowest BCUT2D eigenvalue weighted by Gasteiger charge is -2.27. The van der Waals surface area contributed by atoms with Gasteiger partial charge in [-0.3, -0.25) is 0 Å². The van der Waals surface area contributed by atoms with Crippen molar-refractivity contribution in [1.29, 1.82) is 0 Å². The summed E-state index contributed by atoms with van der Waals surface area (Å²) >= 11 is 0. The normalized spacial score (nSPS) is 12.7. The minimum absolute atomic E-state index is 0.0231. The number of alkyl halides is 7. The van der Waals surface area contributed by atoms with E-state index < -0.39 is 42.0 Å². The molecule has 0 atom stereocenters. The van der Waals surface area contributed by atoms with Crippen LogP contribution in [0.15, 0.2) is 48.5 Å². The molecule has 0 saturated heterocycles. The highest BCUT2D eigenvalue weighted by Crippen LogP contribution is 2.52. The van der Waals surface area contributed by atoms with Crippen molar-refractivity contribution >= 4 is 5.97 Å². The second-order valence-electron chi connectivity index (χ2n) is 8.01. The van der Waals surface area contributed by atoms with Crippen molar-refractivity contribution in [1.82, 2.24) is 9.55 Å². The van der Waals surface area contributed by atoms with Crippen LogP contribution in [-0.2, 0) is 25.5 Å². The Morgan fingerprint density at radius 3 is 2.11 bits per heavy atom. The summed E-state index contributed by atoms with van der Waals surface area (Å²) < 4.78 is 95.6. The molecule has 0 spiro atoms. The van der Waals surface area contributed by atoms with Crippen molar-refractivity contribution < 1.29 is 45.7 Å². The number of rotatable bonds is 9.